The lowest BCUT2D eigenvalue weighted by atomic mass is 10.3. The molecule has 2 amide bonds. The number of fused-ring (bicyclic) bond motifs is 1. The van der Waals surface area contributed by atoms with Gasteiger partial charge >= 0.3 is 5.76 Å². The number of nitrogens with one attached hydrogen (secondary N) is 1. The molecule has 0 unspecified atom stereocenters. The second-order valence-corrected chi connectivity index (χ2v) is 3.98. The third-order valence-corrected chi connectivity index (χ3v) is 2.60. The van der Waals surface area contributed by atoms with Gasteiger partial charge in [0.2, 0.25) is 11.8 Å². The van der Waals surface area contributed by atoms with Crippen LogP contribution in [0.2, 0.25) is 0 Å². The number of carbonyl (C=O) groups is 2. The highest BCUT2D eigenvalue weighted by atomic mass is 16.4. The van der Waals surface area contributed by atoms with Gasteiger partial charge in [-0.25, -0.2) is 4.79 Å². The molecule has 1 aromatic heterocycles. The van der Waals surface area contributed by atoms with Crippen LogP contribution in [-0.4, -0.2) is 22.9 Å². The molecule has 0 aliphatic carbocycles. The zero-order valence-corrected chi connectivity index (χ0v) is 10.1. The Morgan fingerprint density at radius 3 is 2.79 bits per heavy atom. The molecule has 7 heteroatoms. The molecule has 0 radical (unpaired) electrons. The minimum atomic E-state index is -0.612. The van der Waals surface area contributed by atoms with Crippen molar-refractivity contribution in [2.45, 2.75) is 13.0 Å². The standard InChI is InChI=1S/C12H13N3O4/c13-10(16)7-14-11(17)5-6-15-8-3-1-2-4-9(8)19-12(15)18/h1-4H,5-7H2,(H2,13,16)(H,14,17). The lowest BCUT2D eigenvalue weighted by molar-refractivity contribution is -0.124. The molecule has 100 valence electrons. The second-order valence-electron chi connectivity index (χ2n) is 3.98. The van der Waals surface area contributed by atoms with Crippen molar-refractivity contribution in [3.63, 3.8) is 0 Å². The van der Waals surface area contributed by atoms with Gasteiger partial charge in [0.25, 0.3) is 0 Å². The largest absolute Gasteiger partial charge is 0.419 e. The molecule has 1 aromatic carbocycles. The maximum absolute atomic E-state index is 11.6. The molecule has 2 rings (SSSR count). The third kappa shape index (κ3) is 3.01. The first kappa shape index (κ1) is 12.9. The van der Waals surface area contributed by atoms with E-state index in [4.69, 9.17) is 10.2 Å². The summed E-state index contributed by atoms with van der Waals surface area (Å²) in [7, 11) is 0. The van der Waals surface area contributed by atoms with E-state index in [-0.39, 0.29) is 25.4 Å². The van der Waals surface area contributed by atoms with E-state index in [2.05, 4.69) is 5.32 Å². The van der Waals surface area contributed by atoms with E-state index < -0.39 is 11.7 Å². The Hall–Kier alpha value is -2.57. The highest BCUT2D eigenvalue weighted by Gasteiger charge is 2.10. The number of hydrogen-bond acceptors (Lipinski definition) is 4. The summed E-state index contributed by atoms with van der Waals surface area (Å²) in [4.78, 5) is 33.5. The van der Waals surface area contributed by atoms with Gasteiger partial charge in [-0.05, 0) is 12.1 Å². The first-order valence-corrected chi connectivity index (χ1v) is 5.71. The minimum absolute atomic E-state index is 0.0662. The molecule has 2 aromatic rings. The minimum Gasteiger partial charge on any atom is -0.408 e. The van der Waals surface area contributed by atoms with E-state index in [1.54, 1.807) is 24.3 Å². The van der Waals surface area contributed by atoms with Gasteiger partial charge in [0, 0.05) is 13.0 Å². The molecule has 0 fully saturated rings. The van der Waals surface area contributed by atoms with Crippen LogP contribution in [-0.2, 0) is 16.1 Å². The summed E-state index contributed by atoms with van der Waals surface area (Å²) >= 11 is 0. The van der Waals surface area contributed by atoms with Crippen molar-refractivity contribution in [1.29, 1.82) is 0 Å². The van der Waals surface area contributed by atoms with Crippen LogP contribution < -0.4 is 16.8 Å². The Bertz CT molecular complexity index is 671. The highest BCUT2D eigenvalue weighted by Crippen LogP contribution is 2.11. The number of benzene rings is 1. The number of carbonyl (C=O) groups excluding carboxylic acids is 2. The number of rotatable bonds is 5. The van der Waals surface area contributed by atoms with Crippen molar-refractivity contribution in [3.8, 4) is 0 Å². The molecule has 0 atom stereocenters. The molecular formula is C12H13N3O4. The van der Waals surface area contributed by atoms with E-state index in [0.29, 0.717) is 11.1 Å². The fourth-order valence-corrected chi connectivity index (χ4v) is 1.71. The van der Waals surface area contributed by atoms with E-state index in [0.717, 1.165) is 0 Å². The van der Waals surface area contributed by atoms with Gasteiger partial charge in [-0.3, -0.25) is 14.2 Å². The van der Waals surface area contributed by atoms with Crippen molar-refractivity contribution in [3.05, 3.63) is 34.8 Å². The van der Waals surface area contributed by atoms with Gasteiger partial charge in [-0.2, -0.15) is 0 Å². The van der Waals surface area contributed by atoms with Crippen molar-refractivity contribution in [2.24, 2.45) is 5.73 Å². The molecular weight excluding hydrogens is 250 g/mol. The van der Waals surface area contributed by atoms with Crippen LogP contribution in [0.25, 0.3) is 11.1 Å². The number of primary amides is 1. The number of amides is 2. The predicted octanol–water partition coefficient (Wildman–Crippen LogP) is -0.414. The number of aromatic nitrogens is 1. The Kier molecular flexibility index (Phi) is 3.65. The molecule has 0 bridgehead atoms. The predicted molar refractivity (Wildman–Crippen MR) is 67.3 cm³/mol. The monoisotopic (exact) mass is 263 g/mol. The average molecular weight is 263 g/mol. The van der Waals surface area contributed by atoms with Crippen molar-refractivity contribution in [1.82, 2.24) is 9.88 Å². The summed E-state index contributed by atoms with van der Waals surface area (Å²) in [5.41, 5.74) is 6.02. The van der Waals surface area contributed by atoms with Crippen LogP contribution in [0, 0.1) is 0 Å². The molecule has 19 heavy (non-hydrogen) atoms. The quantitative estimate of drug-likeness (QED) is 0.764. The summed E-state index contributed by atoms with van der Waals surface area (Å²) in [5, 5.41) is 2.35. The number of nitrogens with zero attached hydrogens (tertiary/aromatic N) is 1. The molecule has 0 aliphatic heterocycles. The molecule has 0 saturated heterocycles. The van der Waals surface area contributed by atoms with Gasteiger partial charge in [0.1, 0.15) is 0 Å². The highest BCUT2D eigenvalue weighted by molar-refractivity contribution is 5.83. The number of oxazole rings is 1. The van der Waals surface area contributed by atoms with Gasteiger partial charge in [0.05, 0.1) is 12.1 Å². The average Bonchev–Trinajstić information content (AvgIpc) is 2.69. The van der Waals surface area contributed by atoms with Crippen LogP contribution in [0.3, 0.4) is 0 Å². The molecule has 3 N–H and O–H groups in total. The van der Waals surface area contributed by atoms with Gasteiger partial charge in [0.15, 0.2) is 5.58 Å². The van der Waals surface area contributed by atoms with Gasteiger partial charge in [-0.1, -0.05) is 12.1 Å². The van der Waals surface area contributed by atoms with Crippen LogP contribution >= 0.6 is 0 Å². The Morgan fingerprint density at radius 2 is 2.05 bits per heavy atom. The Balaban J connectivity index is 2.06. The number of nitrogens with two attached hydrogens (primary N) is 1. The van der Waals surface area contributed by atoms with E-state index in [9.17, 15) is 14.4 Å². The van der Waals surface area contributed by atoms with Crippen LogP contribution in [0.1, 0.15) is 6.42 Å². The Labute approximate surface area is 108 Å². The van der Waals surface area contributed by atoms with Gasteiger partial charge < -0.3 is 15.5 Å². The Morgan fingerprint density at radius 1 is 1.32 bits per heavy atom. The van der Waals surface area contributed by atoms with Crippen LogP contribution in [0.4, 0.5) is 0 Å². The summed E-state index contributed by atoms with van der Waals surface area (Å²) in [5.74, 6) is -1.47. The smallest absolute Gasteiger partial charge is 0.408 e. The molecule has 7 nitrogen and oxygen atoms in total. The lowest BCUT2D eigenvalue weighted by Gasteiger charge is -2.03. The number of hydrogen-bond donors (Lipinski definition) is 2. The topological polar surface area (TPSA) is 107 Å². The fourth-order valence-electron chi connectivity index (χ4n) is 1.71. The van der Waals surface area contributed by atoms with E-state index in [1.807, 2.05) is 0 Å². The summed E-state index contributed by atoms with van der Waals surface area (Å²) in [6.07, 6.45) is 0.0662. The molecule has 0 saturated carbocycles. The summed E-state index contributed by atoms with van der Waals surface area (Å²) in [6, 6.07) is 6.96. The summed E-state index contributed by atoms with van der Waals surface area (Å²) in [6.45, 7) is -0.0275. The lowest BCUT2D eigenvalue weighted by Crippen LogP contribution is -2.34. The molecule has 0 aliphatic rings. The number of aryl methyl sites for hydroxylation is 1. The zero-order valence-electron chi connectivity index (χ0n) is 10.1. The van der Waals surface area contributed by atoms with E-state index >= 15 is 0 Å². The molecule has 0 spiro atoms. The van der Waals surface area contributed by atoms with E-state index in [1.165, 1.54) is 4.57 Å². The normalized spacial score (nSPS) is 10.5. The zero-order chi connectivity index (χ0) is 13.8. The van der Waals surface area contributed by atoms with Crippen molar-refractivity contribution >= 4 is 22.9 Å². The summed E-state index contributed by atoms with van der Waals surface area (Å²) < 4.78 is 6.41. The number of para-hydroxylation sites is 2. The van der Waals surface area contributed by atoms with Gasteiger partial charge in [-0.15, -0.1) is 0 Å². The van der Waals surface area contributed by atoms with Crippen LogP contribution in [0.15, 0.2) is 33.5 Å². The van der Waals surface area contributed by atoms with Crippen LogP contribution in [0.5, 0.6) is 0 Å². The van der Waals surface area contributed by atoms with Crippen molar-refractivity contribution < 1.29 is 14.0 Å². The molecule has 1 heterocycles. The third-order valence-electron chi connectivity index (χ3n) is 2.60. The maximum Gasteiger partial charge on any atom is 0.419 e. The fraction of sp³-hybridized carbons (Fsp3) is 0.250. The first-order valence-electron chi connectivity index (χ1n) is 5.71. The second kappa shape index (κ2) is 5.38. The first-order chi connectivity index (χ1) is 9.08. The SMILES string of the molecule is NC(=O)CNC(=O)CCn1c(=O)oc2ccccc21. The van der Waals surface area contributed by atoms with Crippen molar-refractivity contribution in [2.75, 3.05) is 6.54 Å². The maximum atomic E-state index is 11.6.